The number of anilines is 2. The molecule has 0 aliphatic rings. The van der Waals surface area contributed by atoms with Gasteiger partial charge in [0.05, 0.1) is 22.0 Å². The molecule has 0 radical (unpaired) electrons. The molecule has 0 fully saturated rings. The molecule has 1 rings (SSSR count). The fourth-order valence-corrected chi connectivity index (χ4v) is 2.60. The molecule has 0 aromatic heterocycles. The molecule has 0 heterocycles. The maximum Gasteiger partial charge on any atom is 0.240 e. The molecule has 0 saturated carbocycles. The molecule has 1 aromatic carbocycles. The van der Waals surface area contributed by atoms with Crippen molar-refractivity contribution in [1.82, 2.24) is 4.72 Å². The van der Waals surface area contributed by atoms with Crippen LogP contribution in [0.4, 0.5) is 11.4 Å². The number of nitrogens with two attached hydrogens (primary N) is 1. The van der Waals surface area contributed by atoms with E-state index in [1.54, 1.807) is 0 Å². The quantitative estimate of drug-likeness (QED) is 0.617. The second kappa shape index (κ2) is 5.76. The number of hydrogen-bond donors (Lipinski definition) is 3. The molecule has 4 N–H and O–H groups in total. The molecule has 9 heteroatoms. The topological polar surface area (TPSA) is 118 Å². The van der Waals surface area contributed by atoms with Gasteiger partial charge in [0, 0.05) is 12.8 Å². The van der Waals surface area contributed by atoms with E-state index >= 15 is 0 Å². The smallest absolute Gasteiger partial charge is 0.240 e. The van der Waals surface area contributed by atoms with Gasteiger partial charge in [-0.15, -0.1) is 0 Å². The number of nitrogen functional groups attached to an aromatic ring is 1. The van der Waals surface area contributed by atoms with Crippen LogP contribution < -0.4 is 15.8 Å². The van der Waals surface area contributed by atoms with Gasteiger partial charge in [-0.05, 0) is 25.2 Å². The van der Waals surface area contributed by atoms with Gasteiger partial charge in [0.25, 0.3) is 0 Å². The second-order valence-corrected chi connectivity index (χ2v) is 8.16. The summed E-state index contributed by atoms with van der Waals surface area (Å²) in [6.07, 6.45) is 1.14. The lowest BCUT2D eigenvalue weighted by molar-refractivity contribution is 0.588. The van der Waals surface area contributed by atoms with Crippen LogP contribution >= 0.6 is 0 Å². The summed E-state index contributed by atoms with van der Waals surface area (Å²) in [5.74, 6) is -0.0248. The van der Waals surface area contributed by atoms with E-state index in [1.165, 1.54) is 25.2 Å². The maximum absolute atomic E-state index is 11.5. The van der Waals surface area contributed by atoms with Crippen LogP contribution in [0.25, 0.3) is 0 Å². The van der Waals surface area contributed by atoms with E-state index in [-0.39, 0.29) is 22.9 Å². The Balaban J connectivity index is 2.84. The van der Waals surface area contributed by atoms with Crippen LogP contribution in [0.5, 0.6) is 0 Å². The van der Waals surface area contributed by atoms with Gasteiger partial charge in [-0.1, -0.05) is 0 Å². The van der Waals surface area contributed by atoms with Crippen molar-refractivity contribution in [1.29, 1.82) is 0 Å². The summed E-state index contributed by atoms with van der Waals surface area (Å²) < 4.78 is 47.2. The largest absolute Gasteiger partial charge is 0.397 e. The van der Waals surface area contributed by atoms with Crippen LogP contribution in [-0.2, 0) is 19.9 Å². The molecule has 19 heavy (non-hydrogen) atoms. The molecule has 1 aromatic rings. The summed E-state index contributed by atoms with van der Waals surface area (Å²) >= 11 is 0. The van der Waals surface area contributed by atoms with Crippen LogP contribution in [0.1, 0.15) is 0 Å². The lowest BCUT2D eigenvalue weighted by atomic mass is 10.2. The molecule has 0 atom stereocenters. The molecule has 0 saturated heterocycles. The molecule has 0 bridgehead atoms. The summed E-state index contributed by atoms with van der Waals surface area (Å²) in [5.41, 5.74) is 6.46. The standard InChI is InChI=1S/C10H17N3O4S2/c1-12-19(16,17)8-3-4-10(9(11)7-8)13-5-6-18(2,14)15/h3-4,7,12-13H,5-6,11H2,1-2H3. The van der Waals surface area contributed by atoms with Gasteiger partial charge >= 0.3 is 0 Å². The van der Waals surface area contributed by atoms with E-state index in [1.807, 2.05) is 0 Å². The lowest BCUT2D eigenvalue weighted by Gasteiger charge is -2.10. The van der Waals surface area contributed by atoms with Crippen molar-refractivity contribution in [3.05, 3.63) is 18.2 Å². The molecule has 0 spiro atoms. The van der Waals surface area contributed by atoms with Crippen molar-refractivity contribution in [2.75, 3.05) is 36.7 Å². The summed E-state index contributed by atoms with van der Waals surface area (Å²) in [5, 5.41) is 2.85. The summed E-state index contributed by atoms with van der Waals surface area (Å²) in [7, 11) is -5.28. The number of rotatable bonds is 6. The average molecular weight is 307 g/mol. The SMILES string of the molecule is CNS(=O)(=O)c1ccc(NCCS(C)(=O)=O)c(N)c1. The van der Waals surface area contributed by atoms with E-state index < -0.39 is 19.9 Å². The molecular formula is C10H17N3O4S2. The molecule has 0 aliphatic carbocycles. The molecule has 0 aliphatic heterocycles. The van der Waals surface area contributed by atoms with E-state index in [4.69, 9.17) is 5.73 Å². The lowest BCUT2D eigenvalue weighted by Crippen LogP contribution is -2.19. The normalized spacial score (nSPS) is 12.3. The zero-order valence-corrected chi connectivity index (χ0v) is 12.3. The van der Waals surface area contributed by atoms with E-state index in [0.717, 1.165) is 6.26 Å². The minimum Gasteiger partial charge on any atom is -0.397 e. The van der Waals surface area contributed by atoms with Crippen LogP contribution in [0, 0.1) is 0 Å². The van der Waals surface area contributed by atoms with Crippen LogP contribution in [0.3, 0.4) is 0 Å². The number of sulfone groups is 1. The van der Waals surface area contributed by atoms with E-state index in [2.05, 4.69) is 10.0 Å². The van der Waals surface area contributed by atoms with Crippen LogP contribution in [0.15, 0.2) is 23.1 Å². The van der Waals surface area contributed by atoms with Crippen molar-refractivity contribution < 1.29 is 16.8 Å². The van der Waals surface area contributed by atoms with Crippen molar-refractivity contribution in [3.8, 4) is 0 Å². The molecule has 0 unspecified atom stereocenters. The molecule has 7 nitrogen and oxygen atoms in total. The predicted molar refractivity (Wildman–Crippen MR) is 75.3 cm³/mol. The van der Waals surface area contributed by atoms with Gasteiger partial charge in [-0.25, -0.2) is 21.6 Å². The third kappa shape index (κ3) is 4.69. The highest BCUT2D eigenvalue weighted by molar-refractivity contribution is 7.90. The Hall–Kier alpha value is -1.32. The van der Waals surface area contributed by atoms with Gasteiger partial charge in [0.15, 0.2) is 0 Å². The van der Waals surface area contributed by atoms with Gasteiger partial charge in [-0.3, -0.25) is 0 Å². The number of hydrogen-bond acceptors (Lipinski definition) is 6. The van der Waals surface area contributed by atoms with Gasteiger partial charge in [0.1, 0.15) is 9.84 Å². The Morgan fingerprint density at radius 2 is 1.84 bits per heavy atom. The van der Waals surface area contributed by atoms with Crippen LogP contribution in [0.2, 0.25) is 0 Å². The Kier molecular flexibility index (Phi) is 4.77. The van der Waals surface area contributed by atoms with Crippen molar-refractivity contribution >= 4 is 31.2 Å². The molecule has 0 amide bonds. The summed E-state index contributed by atoms with van der Waals surface area (Å²) in [6, 6.07) is 4.21. The minimum atomic E-state index is -3.53. The summed E-state index contributed by atoms with van der Waals surface area (Å²) in [6.45, 7) is 0.209. The third-order valence-corrected chi connectivity index (χ3v) is 4.75. The monoisotopic (exact) mass is 307 g/mol. The zero-order valence-electron chi connectivity index (χ0n) is 10.7. The predicted octanol–water partition coefficient (Wildman–Crippen LogP) is -0.367. The minimum absolute atomic E-state index is 0.0248. The van der Waals surface area contributed by atoms with Crippen LogP contribution in [-0.4, -0.2) is 42.4 Å². The van der Waals surface area contributed by atoms with E-state index in [0.29, 0.717) is 5.69 Å². The highest BCUT2D eigenvalue weighted by Gasteiger charge is 2.13. The Morgan fingerprint density at radius 1 is 1.21 bits per heavy atom. The van der Waals surface area contributed by atoms with Gasteiger partial charge in [0.2, 0.25) is 10.0 Å². The Labute approximate surface area is 113 Å². The summed E-state index contributed by atoms with van der Waals surface area (Å²) in [4.78, 5) is 0.0566. The first kappa shape index (κ1) is 15.7. The van der Waals surface area contributed by atoms with Gasteiger partial charge in [-0.2, -0.15) is 0 Å². The van der Waals surface area contributed by atoms with Crippen molar-refractivity contribution in [2.24, 2.45) is 0 Å². The number of sulfonamides is 1. The van der Waals surface area contributed by atoms with Crippen molar-refractivity contribution in [3.63, 3.8) is 0 Å². The highest BCUT2D eigenvalue weighted by Crippen LogP contribution is 2.22. The first-order chi connectivity index (χ1) is 8.65. The first-order valence-corrected chi connectivity index (χ1v) is 8.95. The van der Waals surface area contributed by atoms with E-state index in [9.17, 15) is 16.8 Å². The Morgan fingerprint density at radius 3 is 2.32 bits per heavy atom. The number of benzene rings is 1. The number of nitrogens with one attached hydrogen (secondary N) is 2. The average Bonchev–Trinajstić information content (AvgIpc) is 2.29. The second-order valence-electron chi connectivity index (χ2n) is 4.01. The fourth-order valence-electron chi connectivity index (χ4n) is 1.36. The molecule has 108 valence electrons. The first-order valence-electron chi connectivity index (χ1n) is 5.40. The van der Waals surface area contributed by atoms with Crippen molar-refractivity contribution in [2.45, 2.75) is 4.90 Å². The highest BCUT2D eigenvalue weighted by atomic mass is 32.2. The van der Waals surface area contributed by atoms with Gasteiger partial charge < -0.3 is 11.1 Å². The fraction of sp³-hybridized carbons (Fsp3) is 0.400. The zero-order chi connectivity index (χ0) is 14.7. The maximum atomic E-state index is 11.5. The Bertz CT molecular complexity index is 653. The molecular weight excluding hydrogens is 290 g/mol. The third-order valence-electron chi connectivity index (χ3n) is 2.39.